The molecule has 6 heteroatoms. The number of aliphatic hydroxyl groups excluding tert-OH is 1. The SMILES string of the molecule is CCCn1ncc(Br)c1C(O)c1ccc(F)cc1Cl. The maximum Gasteiger partial charge on any atom is 0.124 e. The van der Waals surface area contributed by atoms with Crippen LogP contribution in [0, 0.1) is 5.82 Å². The number of benzene rings is 1. The van der Waals surface area contributed by atoms with Crippen molar-refractivity contribution in [2.45, 2.75) is 26.0 Å². The van der Waals surface area contributed by atoms with E-state index in [2.05, 4.69) is 21.0 Å². The molecule has 0 aliphatic carbocycles. The van der Waals surface area contributed by atoms with Crippen LogP contribution in [0.4, 0.5) is 4.39 Å². The van der Waals surface area contributed by atoms with Gasteiger partial charge in [0.15, 0.2) is 0 Å². The third kappa shape index (κ3) is 2.99. The van der Waals surface area contributed by atoms with Gasteiger partial charge in [0.05, 0.1) is 16.4 Å². The van der Waals surface area contributed by atoms with Crippen LogP contribution >= 0.6 is 27.5 Å². The lowest BCUT2D eigenvalue weighted by Crippen LogP contribution is -2.11. The van der Waals surface area contributed by atoms with E-state index >= 15 is 0 Å². The highest BCUT2D eigenvalue weighted by Gasteiger charge is 2.21. The zero-order valence-corrected chi connectivity index (χ0v) is 12.6. The van der Waals surface area contributed by atoms with Crippen LogP contribution in [0.3, 0.4) is 0 Å². The molecular formula is C13H13BrClFN2O. The number of hydrogen-bond donors (Lipinski definition) is 1. The highest BCUT2D eigenvalue weighted by atomic mass is 79.9. The van der Waals surface area contributed by atoms with Gasteiger partial charge in [0, 0.05) is 17.1 Å². The van der Waals surface area contributed by atoms with E-state index in [1.165, 1.54) is 18.2 Å². The summed E-state index contributed by atoms with van der Waals surface area (Å²) in [7, 11) is 0. The first-order chi connectivity index (χ1) is 9.04. The topological polar surface area (TPSA) is 38.0 Å². The summed E-state index contributed by atoms with van der Waals surface area (Å²) in [5.74, 6) is -0.429. The molecule has 3 nitrogen and oxygen atoms in total. The average Bonchev–Trinajstić information content (AvgIpc) is 2.70. The average molecular weight is 348 g/mol. The normalized spacial score (nSPS) is 12.7. The summed E-state index contributed by atoms with van der Waals surface area (Å²) in [5.41, 5.74) is 1.08. The second kappa shape index (κ2) is 6.03. The second-order valence-electron chi connectivity index (χ2n) is 4.17. The highest BCUT2D eigenvalue weighted by molar-refractivity contribution is 9.10. The molecule has 0 spiro atoms. The molecular weight excluding hydrogens is 335 g/mol. The lowest BCUT2D eigenvalue weighted by atomic mass is 10.1. The zero-order chi connectivity index (χ0) is 14.0. The van der Waals surface area contributed by atoms with Crippen molar-refractivity contribution < 1.29 is 9.50 Å². The van der Waals surface area contributed by atoms with Crippen LogP contribution in [0.5, 0.6) is 0 Å². The van der Waals surface area contributed by atoms with E-state index in [1.807, 2.05) is 6.92 Å². The summed E-state index contributed by atoms with van der Waals surface area (Å²) in [6.07, 6.45) is 1.58. The molecule has 102 valence electrons. The molecule has 0 bridgehead atoms. The molecule has 2 aromatic rings. The number of halogens is 3. The van der Waals surface area contributed by atoms with Crippen molar-refractivity contribution in [1.29, 1.82) is 0 Å². The van der Waals surface area contributed by atoms with Gasteiger partial charge < -0.3 is 5.11 Å². The lowest BCUT2D eigenvalue weighted by molar-refractivity contribution is 0.206. The Hall–Kier alpha value is -0.910. The molecule has 19 heavy (non-hydrogen) atoms. The molecule has 1 atom stereocenters. The summed E-state index contributed by atoms with van der Waals surface area (Å²) >= 11 is 9.34. The van der Waals surface area contributed by atoms with Crippen molar-refractivity contribution in [2.75, 3.05) is 0 Å². The summed E-state index contributed by atoms with van der Waals surface area (Å²) in [5, 5.41) is 14.8. The molecule has 0 aliphatic rings. The lowest BCUT2D eigenvalue weighted by Gasteiger charge is -2.15. The Labute approximate surface area is 124 Å². The molecule has 1 N–H and O–H groups in total. The van der Waals surface area contributed by atoms with Gasteiger partial charge in [-0.2, -0.15) is 5.10 Å². The molecule has 0 saturated carbocycles. The van der Waals surface area contributed by atoms with E-state index in [1.54, 1.807) is 10.9 Å². The van der Waals surface area contributed by atoms with Crippen molar-refractivity contribution in [3.63, 3.8) is 0 Å². The fourth-order valence-corrected chi connectivity index (χ4v) is 2.69. The van der Waals surface area contributed by atoms with Gasteiger partial charge in [-0.1, -0.05) is 24.6 Å². The van der Waals surface area contributed by atoms with Crippen molar-refractivity contribution in [1.82, 2.24) is 9.78 Å². The van der Waals surface area contributed by atoms with Gasteiger partial charge in [-0.3, -0.25) is 4.68 Å². The van der Waals surface area contributed by atoms with Crippen molar-refractivity contribution in [3.05, 3.63) is 51.0 Å². The first-order valence-corrected chi connectivity index (χ1v) is 7.06. The fraction of sp³-hybridized carbons (Fsp3) is 0.308. The third-order valence-electron chi connectivity index (χ3n) is 2.78. The number of hydrogen-bond acceptors (Lipinski definition) is 2. The van der Waals surface area contributed by atoms with Crippen LogP contribution in [-0.2, 0) is 6.54 Å². The van der Waals surface area contributed by atoms with Gasteiger partial charge >= 0.3 is 0 Å². The Morgan fingerprint density at radius 3 is 2.89 bits per heavy atom. The van der Waals surface area contributed by atoms with Crippen molar-refractivity contribution in [3.8, 4) is 0 Å². The maximum atomic E-state index is 13.0. The molecule has 2 rings (SSSR count). The van der Waals surface area contributed by atoms with Crippen LogP contribution < -0.4 is 0 Å². The number of aryl methyl sites for hydroxylation is 1. The third-order valence-corrected chi connectivity index (χ3v) is 3.72. The van der Waals surface area contributed by atoms with Gasteiger partial charge in [-0.15, -0.1) is 0 Å². The Morgan fingerprint density at radius 1 is 1.53 bits per heavy atom. The molecule has 0 fully saturated rings. The molecule has 1 aromatic heterocycles. The standard InChI is InChI=1S/C13H13BrClFN2O/c1-2-5-18-12(10(14)7-17-18)13(19)9-4-3-8(16)6-11(9)15/h3-4,6-7,13,19H,2,5H2,1H3. The maximum absolute atomic E-state index is 13.0. The Kier molecular flexibility index (Phi) is 4.60. The largest absolute Gasteiger partial charge is 0.382 e. The quantitative estimate of drug-likeness (QED) is 0.910. The van der Waals surface area contributed by atoms with Crippen LogP contribution in [0.2, 0.25) is 5.02 Å². The first-order valence-electron chi connectivity index (χ1n) is 5.88. The van der Waals surface area contributed by atoms with Crippen LogP contribution in [0.1, 0.15) is 30.7 Å². The van der Waals surface area contributed by atoms with Crippen molar-refractivity contribution >= 4 is 27.5 Å². The fourth-order valence-electron chi connectivity index (χ4n) is 1.90. The molecule has 0 amide bonds. The van der Waals surface area contributed by atoms with Crippen LogP contribution in [-0.4, -0.2) is 14.9 Å². The van der Waals surface area contributed by atoms with E-state index in [4.69, 9.17) is 11.6 Å². The summed E-state index contributed by atoms with van der Waals surface area (Å²) < 4.78 is 15.5. The summed E-state index contributed by atoms with van der Waals surface area (Å²) in [6, 6.07) is 3.95. The predicted octanol–water partition coefficient (Wildman–Crippen LogP) is 3.93. The molecule has 0 saturated heterocycles. The van der Waals surface area contributed by atoms with E-state index in [0.29, 0.717) is 22.3 Å². The van der Waals surface area contributed by atoms with Gasteiger partial charge in [0.2, 0.25) is 0 Å². The van der Waals surface area contributed by atoms with E-state index < -0.39 is 11.9 Å². The Morgan fingerprint density at radius 2 is 2.26 bits per heavy atom. The minimum absolute atomic E-state index is 0.198. The number of aliphatic hydroxyl groups is 1. The van der Waals surface area contributed by atoms with Crippen molar-refractivity contribution in [2.24, 2.45) is 0 Å². The first kappa shape index (κ1) is 14.5. The van der Waals surface area contributed by atoms with Crippen LogP contribution in [0.15, 0.2) is 28.9 Å². The monoisotopic (exact) mass is 346 g/mol. The second-order valence-corrected chi connectivity index (χ2v) is 5.43. The van der Waals surface area contributed by atoms with E-state index in [9.17, 15) is 9.50 Å². The molecule has 0 radical (unpaired) electrons. The highest BCUT2D eigenvalue weighted by Crippen LogP contribution is 2.32. The molecule has 1 unspecified atom stereocenters. The smallest absolute Gasteiger partial charge is 0.124 e. The predicted molar refractivity (Wildman–Crippen MR) is 75.7 cm³/mol. The Balaban J connectivity index is 2.43. The van der Waals surface area contributed by atoms with Gasteiger partial charge in [0.25, 0.3) is 0 Å². The molecule has 0 aliphatic heterocycles. The number of aromatic nitrogens is 2. The molecule has 1 heterocycles. The number of rotatable bonds is 4. The summed E-state index contributed by atoms with van der Waals surface area (Å²) in [6.45, 7) is 2.72. The summed E-state index contributed by atoms with van der Waals surface area (Å²) in [4.78, 5) is 0. The zero-order valence-electron chi connectivity index (χ0n) is 10.3. The van der Waals surface area contributed by atoms with E-state index in [0.717, 1.165) is 6.42 Å². The minimum atomic E-state index is -0.948. The molecule has 1 aromatic carbocycles. The van der Waals surface area contributed by atoms with Gasteiger partial charge in [-0.05, 0) is 34.5 Å². The van der Waals surface area contributed by atoms with Gasteiger partial charge in [-0.25, -0.2) is 4.39 Å². The Bertz CT molecular complexity index is 588. The van der Waals surface area contributed by atoms with E-state index in [-0.39, 0.29) is 5.02 Å². The minimum Gasteiger partial charge on any atom is -0.382 e. The van der Waals surface area contributed by atoms with Crippen LogP contribution in [0.25, 0.3) is 0 Å². The number of nitrogens with zero attached hydrogens (tertiary/aromatic N) is 2. The van der Waals surface area contributed by atoms with Gasteiger partial charge in [0.1, 0.15) is 11.9 Å².